The Morgan fingerprint density at radius 2 is 2.00 bits per heavy atom. The van der Waals surface area contributed by atoms with Crippen LogP contribution in [0.25, 0.3) is 5.69 Å². The van der Waals surface area contributed by atoms with Gasteiger partial charge in [-0.3, -0.25) is 9.78 Å². The number of methoxy groups -OCH3 is 1. The lowest BCUT2D eigenvalue weighted by Gasteiger charge is -2.28. The van der Waals surface area contributed by atoms with Crippen LogP contribution < -0.4 is 5.32 Å². The number of hydrogen-bond acceptors (Lipinski definition) is 4. The molecular formula is C22H21FN4O2S. The number of halogens is 1. The van der Waals surface area contributed by atoms with Crippen molar-refractivity contribution >= 4 is 23.3 Å². The van der Waals surface area contributed by atoms with Crippen LogP contribution in [-0.4, -0.2) is 39.2 Å². The molecule has 1 aliphatic heterocycles. The number of hydrogen-bond donors (Lipinski definition) is 1. The van der Waals surface area contributed by atoms with Gasteiger partial charge in [-0.15, -0.1) is 0 Å². The molecule has 1 N–H and O–H groups in total. The van der Waals surface area contributed by atoms with E-state index in [-0.39, 0.29) is 30.3 Å². The zero-order chi connectivity index (χ0) is 21.1. The highest BCUT2D eigenvalue weighted by molar-refractivity contribution is 7.80. The van der Waals surface area contributed by atoms with Gasteiger partial charge in [-0.1, -0.05) is 18.2 Å². The summed E-state index contributed by atoms with van der Waals surface area (Å²) in [5.41, 5.74) is 2.10. The first kappa shape index (κ1) is 20.0. The van der Waals surface area contributed by atoms with Crippen LogP contribution in [-0.2, 0) is 9.53 Å². The zero-order valence-corrected chi connectivity index (χ0v) is 17.2. The van der Waals surface area contributed by atoms with Crippen LogP contribution in [0.3, 0.4) is 0 Å². The number of rotatable bonds is 6. The average Bonchev–Trinajstić information content (AvgIpc) is 3.37. The molecule has 0 radical (unpaired) electrons. The molecule has 1 saturated heterocycles. The Morgan fingerprint density at radius 3 is 2.73 bits per heavy atom. The standard InChI is InChI=1S/C22H21FN4O2S/c1-29-19(28)11-14-27-21(20(25-22(27)30)16-8-4-5-12-24-16)18-10-6-13-26(18)17-9-3-2-7-15(17)23/h2-10,12-13,20-21H,11,14H2,1H3,(H,25,30)/t20-,21-/m0/s1. The lowest BCUT2D eigenvalue weighted by molar-refractivity contribution is -0.140. The van der Waals surface area contributed by atoms with Crippen molar-refractivity contribution in [3.63, 3.8) is 0 Å². The van der Waals surface area contributed by atoms with E-state index in [1.165, 1.54) is 13.2 Å². The third kappa shape index (κ3) is 3.78. The number of aromatic nitrogens is 2. The highest BCUT2D eigenvalue weighted by atomic mass is 32.1. The van der Waals surface area contributed by atoms with E-state index in [2.05, 4.69) is 10.3 Å². The van der Waals surface area contributed by atoms with Crippen molar-refractivity contribution in [3.05, 3.63) is 84.2 Å². The van der Waals surface area contributed by atoms with E-state index in [9.17, 15) is 9.18 Å². The fourth-order valence-corrected chi connectivity index (χ4v) is 4.12. The maximum Gasteiger partial charge on any atom is 0.307 e. The SMILES string of the molecule is COC(=O)CCN1C(=S)N[C@@H](c2ccccn2)[C@@H]1c1cccn1-c1ccccc1F. The molecule has 0 saturated carbocycles. The van der Waals surface area contributed by atoms with Crippen molar-refractivity contribution in [1.82, 2.24) is 19.8 Å². The summed E-state index contributed by atoms with van der Waals surface area (Å²) < 4.78 is 21.2. The fraction of sp³-hybridized carbons (Fsp3) is 0.227. The van der Waals surface area contributed by atoms with Crippen LogP contribution in [0.15, 0.2) is 67.0 Å². The van der Waals surface area contributed by atoms with Crippen LogP contribution in [0.2, 0.25) is 0 Å². The minimum atomic E-state index is -0.320. The topological polar surface area (TPSA) is 59.4 Å². The molecule has 0 amide bonds. The molecule has 0 bridgehead atoms. The second-order valence-corrected chi connectivity index (χ2v) is 7.29. The summed E-state index contributed by atoms with van der Waals surface area (Å²) in [6.45, 7) is 0.370. The number of ether oxygens (including phenoxy) is 1. The first-order valence-electron chi connectivity index (χ1n) is 9.57. The number of benzene rings is 1. The molecule has 30 heavy (non-hydrogen) atoms. The lowest BCUT2D eigenvalue weighted by Crippen LogP contribution is -2.32. The van der Waals surface area contributed by atoms with Gasteiger partial charge in [0.1, 0.15) is 5.82 Å². The predicted molar refractivity (Wildman–Crippen MR) is 115 cm³/mol. The van der Waals surface area contributed by atoms with Gasteiger partial charge < -0.3 is 19.5 Å². The van der Waals surface area contributed by atoms with E-state index in [1.807, 2.05) is 46.0 Å². The maximum atomic E-state index is 14.6. The highest BCUT2D eigenvalue weighted by Crippen LogP contribution is 2.39. The van der Waals surface area contributed by atoms with Crippen LogP contribution in [0.4, 0.5) is 4.39 Å². The summed E-state index contributed by atoms with van der Waals surface area (Å²) in [5.74, 6) is -0.638. The molecule has 1 aliphatic rings. The third-order valence-corrected chi connectivity index (χ3v) is 5.53. The quantitative estimate of drug-likeness (QED) is 0.483. The molecule has 0 spiro atoms. The number of carbonyl (C=O) groups excluding carboxylic acids is 1. The van der Waals surface area contributed by atoms with Crippen molar-refractivity contribution in [2.24, 2.45) is 0 Å². The molecule has 4 rings (SSSR count). The van der Waals surface area contributed by atoms with Crippen LogP contribution in [0.5, 0.6) is 0 Å². The fourth-order valence-electron chi connectivity index (χ4n) is 3.78. The number of pyridine rings is 1. The molecule has 2 atom stereocenters. The summed E-state index contributed by atoms with van der Waals surface area (Å²) in [6, 6.07) is 15.6. The molecule has 1 fully saturated rings. The Balaban J connectivity index is 1.78. The predicted octanol–water partition coefficient (Wildman–Crippen LogP) is 3.55. The first-order chi connectivity index (χ1) is 14.6. The van der Waals surface area contributed by atoms with Crippen molar-refractivity contribution < 1.29 is 13.9 Å². The second kappa shape index (κ2) is 8.62. The van der Waals surface area contributed by atoms with E-state index < -0.39 is 0 Å². The molecule has 0 aliphatic carbocycles. The minimum absolute atomic E-state index is 0.185. The van der Waals surface area contributed by atoms with Gasteiger partial charge in [0, 0.05) is 24.6 Å². The van der Waals surface area contributed by atoms with Gasteiger partial charge in [0.15, 0.2) is 5.11 Å². The van der Waals surface area contributed by atoms with Crippen molar-refractivity contribution in [1.29, 1.82) is 0 Å². The molecule has 154 valence electrons. The summed E-state index contributed by atoms with van der Waals surface area (Å²) >= 11 is 5.59. The smallest absolute Gasteiger partial charge is 0.307 e. The number of carbonyl (C=O) groups is 1. The monoisotopic (exact) mass is 424 g/mol. The second-order valence-electron chi connectivity index (χ2n) is 6.90. The molecule has 8 heteroatoms. The van der Waals surface area contributed by atoms with E-state index in [1.54, 1.807) is 24.4 Å². The first-order valence-corrected chi connectivity index (χ1v) is 9.98. The van der Waals surface area contributed by atoms with Gasteiger partial charge in [0.2, 0.25) is 0 Å². The number of thiocarbonyl (C=S) groups is 1. The molecule has 1 aromatic carbocycles. The van der Waals surface area contributed by atoms with E-state index >= 15 is 0 Å². The molecule has 0 unspecified atom stereocenters. The summed E-state index contributed by atoms with van der Waals surface area (Å²) in [4.78, 5) is 18.2. The van der Waals surface area contributed by atoms with Gasteiger partial charge in [0.25, 0.3) is 0 Å². The Kier molecular flexibility index (Phi) is 5.76. The van der Waals surface area contributed by atoms with E-state index in [0.717, 1.165) is 11.4 Å². The normalized spacial score (nSPS) is 18.3. The van der Waals surface area contributed by atoms with E-state index in [4.69, 9.17) is 17.0 Å². The van der Waals surface area contributed by atoms with Crippen LogP contribution in [0, 0.1) is 5.82 Å². The number of nitrogens with zero attached hydrogens (tertiary/aromatic N) is 3. The zero-order valence-electron chi connectivity index (χ0n) is 16.4. The Morgan fingerprint density at radius 1 is 1.20 bits per heavy atom. The van der Waals surface area contributed by atoms with Crippen molar-refractivity contribution in [3.8, 4) is 5.69 Å². The van der Waals surface area contributed by atoms with Crippen molar-refractivity contribution in [2.75, 3.05) is 13.7 Å². The number of nitrogens with one attached hydrogen (secondary N) is 1. The van der Waals surface area contributed by atoms with Crippen LogP contribution in [0.1, 0.15) is 29.9 Å². The Labute approximate surface area is 179 Å². The Bertz CT molecular complexity index is 1060. The molecule has 3 heterocycles. The maximum absolute atomic E-state index is 14.6. The van der Waals surface area contributed by atoms with Crippen molar-refractivity contribution in [2.45, 2.75) is 18.5 Å². The number of para-hydroxylation sites is 1. The summed E-state index contributed by atoms with van der Waals surface area (Å²) in [7, 11) is 1.36. The largest absolute Gasteiger partial charge is 0.469 e. The Hall–Kier alpha value is -3.26. The summed E-state index contributed by atoms with van der Waals surface area (Å²) in [5, 5.41) is 3.84. The molecule has 6 nitrogen and oxygen atoms in total. The average molecular weight is 425 g/mol. The van der Waals surface area contributed by atoms with Crippen LogP contribution >= 0.6 is 12.2 Å². The molecule has 3 aromatic rings. The van der Waals surface area contributed by atoms with Gasteiger partial charge in [-0.05, 0) is 48.6 Å². The molecular weight excluding hydrogens is 403 g/mol. The van der Waals surface area contributed by atoms with E-state index in [0.29, 0.717) is 17.3 Å². The van der Waals surface area contributed by atoms with Gasteiger partial charge in [0.05, 0.1) is 37.0 Å². The summed E-state index contributed by atoms with van der Waals surface area (Å²) in [6.07, 6.45) is 3.73. The number of esters is 1. The highest BCUT2D eigenvalue weighted by Gasteiger charge is 2.41. The van der Waals surface area contributed by atoms with Gasteiger partial charge in [-0.2, -0.15) is 0 Å². The minimum Gasteiger partial charge on any atom is -0.469 e. The molecule has 2 aromatic heterocycles. The van der Waals surface area contributed by atoms with Gasteiger partial charge >= 0.3 is 5.97 Å². The third-order valence-electron chi connectivity index (χ3n) is 5.18. The lowest BCUT2D eigenvalue weighted by atomic mass is 10.0. The van der Waals surface area contributed by atoms with Gasteiger partial charge in [-0.25, -0.2) is 4.39 Å².